The second-order valence-electron chi connectivity index (χ2n) is 2.69. The van der Waals surface area contributed by atoms with Gasteiger partial charge in [0.05, 0.1) is 6.33 Å². The van der Waals surface area contributed by atoms with Crippen LogP contribution in [-0.4, -0.2) is 26.6 Å². The lowest BCUT2D eigenvalue weighted by Crippen LogP contribution is -2.13. The molecule has 2 aromatic rings. The van der Waals surface area contributed by atoms with E-state index in [1.807, 2.05) is 0 Å². The molecule has 0 bridgehead atoms. The van der Waals surface area contributed by atoms with Crippen molar-refractivity contribution in [3.05, 3.63) is 16.7 Å². The Morgan fingerprint density at radius 2 is 2.38 bits per heavy atom. The summed E-state index contributed by atoms with van der Waals surface area (Å²) in [5.41, 5.74) is 0.754. The van der Waals surface area contributed by atoms with Gasteiger partial charge in [0.2, 0.25) is 5.95 Å². The first-order valence-corrected chi connectivity index (χ1v) is 3.81. The van der Waals surface area contributed by atoms with Crippen LogP contribution in [0.2, 0.25) is 0 Å². The third-order valence-electron chi connectivity index (χ3n) is 1.82. The van der Waals surface area contributed by atoms with Crippen molar-refractivity contribution >= 4 is 17.1 Å². The van der Waals surface area contributed by atoms with E-state index in [0.717, 1.165) is 0 Å². The Labute approximate surface area is 73.6 Å². The minimum absolute atomic E-state index is 0.186. The highest BCUT2D eigenvalue weighted by Gasteiger charge is 2.06. The van der Waals surface area contributed by atoms with Gasteiger partial charge in [0, 0.05) is 14.1 Å². The van der Waals surface area contributed by atoms with Gasteiger partial charge in [-0.2, -0.15) is 4.98 Å². The number of hydrogen-bond donors (Lipinski definition) is 2. The molecule has 0 fully saturated rings. The summed E-state index contributed by atoms with van der Waals surface area (Å²) < 4.78 is 1.64. The predicted molar refractivity (Wildman–Crippen MR) is 48.7 cm³/mol. The average Bonchev–Trinajstić information content (AvgIpc) is 2.48. The Morgan fingerprint density at radius 1 is 1.62 bits per heavy atom. The molecule has 0 atom stereocenters. The number of nitrogens with zero attached hydrogens (tertiary/aromatic N) is 3. The smallest absolute Gasteiger partial charge is 0.278 e. The van der Waals surface area contributed by atoms with Crippen LogP contribution in [0.4, 0.5) is 5.95 Å². The fourth-order valence-electron chi connectivity index (χ4n) is 1.18. The number of hydrogen-bond acceptors (Lipinski definition) is 4. The fourth-order valence-corrected chi connectivity index (χ4v) is 1.18. The number of aromatic amines is 1. The maximum absolute atomic E-state index is 11.4. The molecular formula is C7H9N5O. The molecule has 0 saturated heterocycles. The Hall–Kier alpha value is -1.85. The number of aryl methyl sites for hydroxylation is 1. The molecule has 0 aromatic carbocycles. The van der Waals surface area contributed by atoms with E-state index in [4.69, 9.17) is 0 Å². The molecule has 0 amide bonds. The predicted octanol–water partition coefficient (Wildman–Crippen LogP) is -0.302. The zero-order valence-electron chi connectivity index (χ0n) is 7.33. The topological polar surface area (TPSA) is 75.6 Å². The van der Waals surface area contributed by atoms with Crippen molar-refractivity contribution < 1.29 is 0 Å². The SMILES string of the molecule is CNc1nc2ncn(C)c2c(=O)[nH]1. The number of nitrogens with one attached hydrogen (secondary N) is 2. The van der Waals surface area contributed by atoms with E-state index in [1.54, 1.807) is 25.0 Å². The first-order chi connectivity index (χ1) is 6.22. The summed E-state index contributed by atoms with van der Waals surface area (Å²) >= 11 is 0. The van der Waals surface area contributed by atoms with Gasteiger partial charge in [-0.15, -0.1) is 0 Å². The zero-order chi connectivity index (χ0) is 9.42. The number of aromatic nitrogens is 4. The number of anilines is 1. The van der Waals surface area contributed by atoms with Crippen LogP contribution < -0.4 is 10.9 Å². The van der Waals surface area contributed by atoms with Gasteiger partial charge in [0.25, 0.3) is 5.56 Å². The zero-order valence-corrected chi connectivity index (χ0v) is 7.33. The molecule has 13 heavy (non-hydrogen) atoms. The van der Waals surface area contributed by atoms with Crippen molar-refractivity contribution in [1.29, 1.82) is 0 Å². The molecule has 0 unspecified atom stereocenters. The van der Waals surface area contributed by atoms with E-state index in [2.05, 4.69) is 20.3 Å². The van der Waals surface area contributed by atoms with Gasteiger partial charge in [-0.25, -0.2) is 4.98 Å². The largest absolute Gasteiger partial charge is 0.359 e. The third-order valence-corrected chi connectivity index (χ3v) is 1.82. The quantitative estimate of drug-likeness (QED) is 0.630. The molecule has 6 nitrogen and oxygen atoms in total. The first-order valence-electron chi connectivity index (χ1n) is 3.81. The summed E-state index contributed by atoms with van der Waals surface area (Å²) in [7, 11) is 3.44. The number of fused-ring (bicyclic) bond motifs is 1. The molecule has 2 heterocycles. The summed E-state index contributed by atoms with van der Waals surface area (Å²) in [6.07, 6.45) is 1.56. The molecule has 0 saturated carbocycles. The Kier molecular flexibility index (Phi) is 1.54. The molecule has 0 aliphatic carbocycles. The van der Waals surface area contributed by atoms with Crippen LogP contribution in [0, 0.1) is 0 Å². The monoisotopic (exact) mass is 179 g/mol. The second kappa shape index (κ2) is 2.58. The molecule has 2 rings (SSSR count). The summed E-state index contributed by atoms with van der Waals surface area (Å²) in [4.78, 5) is 22.1. The maximum atomic E-state index is 11.4. The molecule has 2 aromatic heterocycles. The lowest BCUT2D eigenvalue weighted by Gasteiger charge is -1.97. The first kappa shape index (κ1) is 7.78. The fraction of sp³-hybridized carbons (Fsp3) is 0.286. The van der Waals surface area contributed by atoms with Crippen molar-refractivity contribution in [1.82, 2.24) is 19.5 Å². The summed E-state index contributed by atoms with van der Waals surface area (Å²) in [6, 6.07) is 0. The van der Waals surface area contributed by atoms with Crippen molar-refractivity contribution in [3.63, 3.8) is 0 Å². The van der Waals surface area contributed by atoms with Crippen molar-refractivity contribution in [2.45, 2.75) is 0 Å². The van der Waals surface area contributed by atoms with Crippen LogP contribution >= 0.6 is 0 Å². The highest BCUT2D eigenvalue weighted by molar-refractivity contribution is 5.70. The molecule has 6 heteroatoms. The maximum Gasteiger partial charge on any atom is 0.278 e. The third kappa shape index (κ3) is 1.07. The Morgan fingerprint density at radius 3 is 3.08 bits per heavy atom. The van der Waals surface area contributed by atoms with Crippen LogP contribution in [0.25, 0.3) is 11.2 Å². The van der Waals surface area contributed by atoms with Gasteiger partial charge >= 0.3 is 0 Å². The van der Waals surface area contributed by atoms with Crippen molar-refractivity contribution in [3.8, 4) is 0 Å². The van der Waals surface area contributed by atoms with E-state index >= 15 is 0 Å². The Bertz CT molecular complexity index is 497. The molecule has 0 radical (unpaired) electrons. The summed E-state index contributed by atoms with van der Waals surface area (Å²) in [5, 5.41) is 2.75. The van der Waals surface area contributed by atoms with Gasteiger partial charge in [-0.3, -0.25) is 9.78 Å². The van der Waals surface area contributed by atoms with Crippen LogP contribution in [0.3, 0.4) is 0 Å². The molecular weight excluding hydrogens is 170 g/mol. The molecule has 0 aliphatic heterocycles. The number of imidazole rings is 1. The van der Waals surface area contributed by atoms with Crippen molar-refractivity contribution in [2.75, 3.05) is 12.4 Å². The lowest BCUT2D eigenvalue weighted by molar-refractivity contribution is 0.938. The van der Waals surface area contributed by atoms with E-state index in [1.165, 1.54) is 0 Å². The van der Waals surface area contributed by atoms with E-state index < -0.39 is 0 Å². The van der Waals surface area contributed by atoms with E-state index in [9.17, 15) is 4.79 Å². The summed E-state index contributed by atoms with van der Waals surface area (Å²) in [6.45, 7) is 0. The van der Waals surface area contributed by atoms with Crippen LogP contribution in [0.15, 0.2) is 11.1 Å². The normalized spacial score (nSPS) is 10.6. The van der Waals surface area contributed by atoms with Crippen LogP contribution in [-0.2, 0) is 7.05 Å². The highest BCUT2D eigenvalue weighted by atomic mass is 16.1. The summed E-state index contributed by atoms with van der Waals surface area (Å²) in [5.74, 6) is 0.427. The van der Waals surface area contributed by atoms with E-state index in [-0.39, 0.29) is 5.56 Å². The minimum atomic E-state index is -0.186. The van der Waals surface area contributed by atoms with Gasteiger partial charge in [0.15, 0.2) is 11.2 Å². The van der Waals surface area contributed by atoms with Gasteiger partial charge in [-0.1, -0.05) is 0 Å². The molecule has 0 spiro atoms. The van der Waals surface area contributed by atoms with Crippen LogP contribution in [0.5, 0.6) is 0 Å². The van der Waals surface area contributed by atoms with E-state index in [0.29, 0.717) is 17.1 Å². The highest BCUT2D eigenvalue weighted by Crippen LogP contribution is 2.04. The Balaban J connectivity index is 2.87. The van der Waals surface area contributed by atoms with Gasteiger partial charge in [-0.05, 0) is 0 Å². The van der Waals surface area contributed by atoms with Gasteiger partial charge < -0.3 is 9.88 Å². The minimum Gasteiger partial charge on any atom is -0.359 e. The molecule has 2 N–H and O–H groups in total. The number of rotatable bonds is 1. The number of H-pyrrole nitrogens is 1. The molecule has 0 aliphatic rings. The average molecular weight is 179 g/mol. The van der Waals surface area contributed by atoms with Gasteiger partial charge in [0.1, 0.15) is 0 Å². The van der Waals surface area contributed by atoms with Crippen LogP contribution in [0.1, 0.15) is 0 Å². The lowest BCUT2D eigenvalue weighted by atomic mass is 10.5. The van der Waals surface area contributed by atoms with Crippen molar-refractivity contribution in [2.24, 2.45) is 7.05 Å². The second-order valence-corrected chi connectivity index (χ2v) is 2.69. The molecule has 68 valence electrons. The standard InChI is InChI=1S/C7H9N5O/c1-8-7-10-5-4(6(13)11-7)12(2)3-9-5/h3H,1-2H3,(H2,8,10,11,13).